The van der Waals surface area contributed by atoms with Gasteiger partial charge in [0.05, 0.1) is 0 Å². The monoisotopic (exact) mass is 574 g/mol. The number of hydrogen-bond donors (Lipinski definition) is 2. The molecule has 0 unspecified atom stereocenters. The summed E-state index contributed by atoms with van der Waals surface area (Å²) in [6.07, 6.45) is 0. The van der Waals surface area contributed by atoms with Gasteiger partial charge < -0.3 is 10.6 Å². The molecule has 4 aromatic carbocycles. The van der Waals surface area contributed by atoms with Crippen LogP contribution in [0.25, 0.3) is 0 Å². The molecule has 0 bridgehead atoms. The fraction of sp³-hybridized carbons (Fsp3) is 0.200. The smallest absolute Gasteiger partial charge is 0.0426 e. The molecule has 2 nitrogen and oxygen atoms in total. The zero-order valence-corrected chi connectivity index (χ0v) is 23.0. The summed E-state index contributed by atoms with van der Waals surface area (Å²) in [5.74, 6) is 0. The van der Waals surface area contributed by atoms with Crippen molar-refractivity contribution in [3.63, 3.8) is 0 Å². The van der Waals surface area contributed by atoms with Crippen molar-refractivity contribution in [3.05, 3.63) is 116 Å². The lowest BCUT2D eigenvalue weighted by atomic mass is 9.74. The molecule has 0 saturated heterocycles. The Kier molecular flexibility index (Phi) is 5.86. The van der Waals surface area contributed by atoms with Crippen molar-refractivity contribution in [2.24, 2.45) is 0 Å². The summed E-state index contributed by atoms with van der Waals surface area (Å²) < 4.78 is 2.24. The summed E-state index contributed by atoms with van der Waals surface area (Å²) >= 11 is 7.12. The van der Waals surface area contributed by atoms with E-state index in [1.807, 2.05) is 0 Å². The number of rotatable bonds is 0. The molecular weight excluding hydrogens is 548 g/mol. The van der Waals surface area contributed by atoms with Crippen molar-refractivity contribution in [2.75, 3.05) is 10.6 Å². The Balaban J connectivity index is 0.000000142. The first-order chi connectivity index (χ1) is 16.2. The zero-order chi connectivity index (χ0) is 24.1. The molecule has 0 aromatic heterocycles. The average Bonchev–Trinajstić information content (AvgIpc) is 2.81. The van der Waals surface area contributed by atoms with E-state index in [1.54, 1.807) is 0 Å². The molecule has 0 aliphatic carbocycles. The fourth-order valence-corrected chi connectivity index (χ4v) is 5.86. The van der Waals surface area contributed by atoms with E-state index in [2.05, 4.69) is 155 Å². The highest BCUT2D eigenvalue weighted by Gasteiger charge is 2.33. The maximum absolute atomic E-state index is 3.56. The highest BCUT2D eigenvalue weighted by Crippen LogP contribution is 2.47. The van der Waals surface area contributed by atoms with E-state index in [1.165, 1.54) is 45.0 Å². The van der Waals surface area contributed by atoms with Crippen molar-refractivity contribution >= 4 is 54.6 Å². The summed E-state index contributed by atoms with van der Waals surface area (Å²) in [6.45, 7) is 9.10. The molecule has 172 valence electrons. The van der Waals surface area contributed by atoms with Gasteiger partial charge in [0.1, 0.15) is 0 Å². The molecule has 0 amide bonds. The number of anilines is 4. The molecule has 0 fully saturated rings. The minimum Gasteiger partial charge on any atom is -0.355 e. The molecule has 0 saturated carbocycles. The van der Waals surface area contributed by atoms with E-state index in [9.17, 15) is 0 Å². The predicted octanol–water partition coefficient (Wildman–Crippen LogP) is 9.66. The van der Waals surface area contributed by atoms with Crippen LogP contribution in [0, 0.1) is 0 Å². The van der Waals surface area contributed by atoms with Gasteiger partial charge in [-0.2, -0.15) is 0 Å². The van der Waals surface area contributed by atoms with Crippen LogP contribution in [0.5, 0.6) is 0 Å². The normalized spacial score (nSPS) is 15.7. The first-order valence-electron chi connectivity index (χ1n) is 11.5. The SMILES string of the molecule is CC1(C)c2cc(Br)ccc2Nc2ccc(Br)cc21.CC1(C)c2ccccc2Nc2ccccc21. The van der Waals surface area contributed by atoms with Crippen molar-refractivity contribution < 1.29 is 0 Å². The summed E-state index contributed by atoms with van der Waals surface area (Å²) in [5, 5.41) is 7.00. The fourth-order valence-electron chi connectivity index (χ4n) is 5.14. The Morgan fingerprint density at radius 1 is 0.471 bits per heavy atom. The summed E-state index contributed by atoms with van der Waals surface area (Å²) in [4.78, 5) is 0. The van der Waals surface area contributed by atoms with Gasteiger partial charge in [0.25, 0.3) is 0 Å². The van der Waals surface area contributed by atoms with Crippen LogP contribution >= 0.6 is 31.9 Å². The van der Waals surface area contributed by atoms with E-state index < -0.39 is 0 Å². The highest BCUT2D eigenvalue weighted by atomic mass is 79.9. The maximum atomic E-state index is 3.56. The second-order valence-electron chi connectivity index (χ2n) is 9.97. The number of benzene rings is 4. The van der Waals surface area contributed by atoms with Gasteiger partial charge in [-0.05, 0) is 70.8 Å². The lowest BCUT2D eigenvalue weighted by Gasteiger charge is -2.36. The van der Waals surface area contributed by atoms with Crippen molar-refractivity contribution in [1.82, 2.24) is 0 Å². The van der Waals surface area contributed by atoms with E-state index in [0.29, 0.717) is 0 Å². The average molecular weight is 576 g/mol. The van der Waals surface area contributed by atoms with Crippen LogP contribution in [0.15, 0.2) is 93.9 Å². The van der Waals surface area contributed by atoms with Crippen LogP contribution in [-0.2, 0) is 10.8 Å². The highest BCUT2D eigenvalue weighted by molar-refractivity contribution is 9.10. The first-order valence-corrected chi connectivity index (χ1v) is 13.1. The van der Waals surface area contributed by atoms with Crippen LogP contribution < -0.4 is 10.6 Å². The van der Waals surface area contributed by atoms with Crippen molar-refractivity contribution in [1.29, 1.82) is 0 Å². The molecule has 34 heavy (non-hydrogen) atoms. The molecule has 0 radical (unpaired) electrons. The molecule has 2 aliphatic rings. The van der Waals surface area contributed by atoms with Crippen LogP contribution in [0.4, 0.5) is 22.7 Å². The van der Waals surface area contributed by atoms with Gasteiger partial charge in [0.2, 0.25) is 0 Å². The maximum Gasteiger partial charge on any atom is 0.0426 e. The molecule has 2 heterocycles. The topological polar surface area (TPSA) is 24.1 Å². The van der Waals surface area contributed by atoms with Gasteiger partial charge in [-0.25, -0.2) is 0 Å². The number of para-hydroxylation sites is 2. The summed E-state index contributed by atoms with van der Waals surface area (Å²) in [7, 11) is 0. The zero-order valence-electron chi connectivity index (χ0n) is 19.8. The number of halogens is 2. The second kappa shape index (κ2) is 8.58. The van der Waals surface area contributed by atoms with Gasteiger partial charge in [-0.1, -0.05) is 96.0 Å². The molecule has 4 aromatic rings. The quantitative estimate of drug-likeness (QED) is 0.218. The third-order valence-corrected chi connectivity index (χ3v) is 8.04. The standard InChI is InChI=1S/C15H13Br2N.C15H15N/c1-15(2)11-7-9(16)3-5-13(11)18-14-6-4-10(17)8-12(14)15;1-15(2)11-7-3-5-9-13(11)16-14-10-6-4-8-12(14)15/h3-8,18H,1-2H3;3-10,16H,1-2H3. The Morgan fingerprint density at radius 2 is 0.824 bits per heavy atom. The van der Waals surface area contributed by atoms with Crippen LogP contribution in [0.2, 0.25) is 0 Å². The van der Waals surface area contributed by atoms with Gasteiger partial charge in [-0.3, -0.25) is 0 Å². The van der Waals surface area contributed by atoms with E-state index >= 15 is 0 Å². The second-order valence-corrected chi connectivity index (χ2v) is 11.8. The predicted molar refractivity (Wildman–Crippen MR) is 152 cm³/mol. The van der Waals surface area contributed by atoms with Crippen LogP contribution in [0.1, 0.15) is 49.9 Å². The summed E-state index contributed by atoms with van der Waals surface area (Å²) in [6, 6.07) is 29.9. The van der Waals surface area contributed by atoms with Gasteiger partial charge in [-0.15, -0.1) is 0 Å². The summed E-state index contributed by atoms with van der Waals surface area (Å²) in [5.41, 5.74) is 10.3. The Hall–Kier alpha value is -2.56. The minimum absolute atomic E-state index is 0.00345. The minimum atomic E-state index is 0.00345. The molecule has 0 spiro atoms. The van der Waals surface area contributed by atoms with Gasteiger partial charge >= 0.3 is 0 Å². The number of fused-ring (bicyclic) bond motifs is 4. The number of hydrogen-bond acceptors (Lipinski definition) is 2. The lowest BCUT2D eigenvalue weighted by molar-refractivity contribution is 0.637. The molecular formula is C30H28Br2N2. The Labute approximate surface area is 219 Å². The molecule has 2 N–H and O–H groups in total. The molecule has 4 heteroatoms. The largest absolute Gasteiger partial charge is 0.355 e. The van der Waals surface area contributed by atoms with E-state index in [0.717, 1.165) is 8.95 Å². The van der Waals surface area contributed by atoms with Gasteiger partial charge in [0, 0.05) is 42.5 Å². The van der Waals surface area contributed by atoms with Gasteiger partial charge in [0.15, 0.2) is 0 Å². The molecule has 2 aliphatic heterocycles. The van der Waals surface area contributed by atoms with E-state index in [-0.39, 0.29) is 10.8 Å². The molecule has 0 atom stereocenters. The first kappa shape index (κ1) is 23.2. The van der Waals surface area contributed by atoms with Crippen molar-refractivity contribution in [3.8, 4) is 0 Å². The number of nitrogens with one attached hydrogen (secondary N) is 2. The third kappa shape index (κ3) is 3.97. The van der Waals surface area contributed by atoms with Crippen LogP contribution in [-0.4, -0.2) is 0 Å². The van der Waals surface area contributed by atoms with Crippen molar-refractivity contribution in [2.45, 2.75) is 38.5 Å². The Morgan fingerprint density at radius 3 is 1.26 bits per heavy atom. The molecule has 6 rings (SSSR count). The third-order valence-electron chi connectivity index (χ3n) is 7.05. The van der Waals surface area contributed by atoms with Crippen LogP contribution in [0.3, 0.4) is 0 Å². The lowest BCUT2D eigenvalue weighted by Crippen LogP contribution is -2.25. The Bertz CT molecular complexity index is 1290. The van der Waals surface area contributed by atoms with E-state index in [4.69, 9.17) is 0 Å².